The smallest absolute Gasteiger partial charge is 0.346 e. The number of aryl methyl sites for hydroxylation is 1. The number of fused-ring (bicyclic) bond motifs is 1. The van der Waals surface area contributed by atoms with Gasteiger partial charge in [0.05, 0.1) is 30.7 Å². The van der Waals surface area contributed by atoms with E-state index in [0.29, 0.717) is 11.3 Å². The molecule has 0 saturated carbocycles. The Labute approximate surface area is 244 Å². The molecule has 0 saturated heterocycles. The number of nitrogens with one attached hydrogen (secondary N) is 1. The lowest BCUT2D eigenvalue weighted by Crippen LogP contribution is -2.39. The van der Waals surface area contributed by atoms with Crippen LogP contribution in [-0.2, 0) is 37.8 Å². The summed E-state index contributed by atoms with van der Waals surface area (Å²) in [5.41, 5.74) is 3.82. The molecule has 41 heavy (non-hydrogen) atoms. The Morgan fingerprint density at radius 2 is 1.37 bits per heavy atom. The standard InChI is InChI=1S/C33H32NO5PS/c1-25-11-10-16-28(19-25)20-30(34-33(35)32-21-29-17-8-9-18-31(29)41-32)24-39-40(36,37-22-26-12-4-2-5-13-26)38-23-27-14-6-3-7-15-27/h2-19,21,30H,20,22-24H2,1H3,(H,34,35)/t30-/m1/s1. The highest BCUT2D eigenvalue weighted by atomic mass is 32.1. The van der Waals surface area contributed by atoms with Crippen molar-refractivity contribution in [3.05, 3.63) is 142 Å². The number of hydrogen-bond donors (Lipinski definition) is 1. The second kappa shape index (κ2) is 13.9. The first-order chi connectivity index (χ1) is 20.0. The van der Waals surface area contributed by atoms with Gasteiger partial charge in [-0.25, -0.2) is 4.57 Å². The molecular formula is C33H32NO5PS. The molecule has 5 rings (SSSR count). The number of benzene rings is 4. The van der Waals surface area contributed by atoms with Crippen LogP contribution in [0.3, 0.4) is 0 Å². The van der Waals surface area contributed by atoms with E-state index >= 15 is 0 Å². The van der Waals surface area contributed by atoms with Gasteiger partial charge in [-0.3, -0.25) is 18.4 Å². The fraction of sp³-hybridized carbons (Fsp3) is 0.182. The predicted molar refractivity (Wildman–Crippen MR) is 164 cm³/mol. The van der Waals surface area contributed by atoms with Gasteiger partial charge in [-0.2, -0.15) is 0 Å². The molecule has 1 aromatic heterocycles. The Morgan fingerprint density at radius 1 is 0.756 bits per heavy atom. The monoisotopic (exact) mass is 585 g/mol. The van der Waals surface area contributed by atoms with Crippen LogP contribution < -0.4 is 5.32 Å². The van der Waals surface area contributed by atoms with E-state index in [2.05, 4.69) is 11.4 Å². The van der Waals surface area contributed by atoms with E-state index in [-0.39, 0.29) is 25.7 Å². The highest BCUT2D eigenvalue weighted by Gasteiger charge is 2.29. The van der Waals surface area contributed by atoms with Crippen molar-refractivity contribution in [2.45, 2.75) is 32.6 Å². The average molecular weight is 586 g/mol. The molecule has 0 aliphatic heterocycles. The van der Waals surface area contributed by atoms with E-state index in [1.807, 2.05) is 116 Å². The topological polar surface area (TPSA) is 73.9 Å². The quantitative estimate of drug-likeness (QED) is 0.141. The maximum Gasteiger partial charge on any atom is 0.475 e. The second-order valence-corrected chi connectivity index (χ2v) is 12.5. The van der Waals surface area contributed by atoms with Gasteiger partial charge in [0.15, 0.2) is 0 Å². The van der Waals surface area contributed by atoms with E-state index < -0.39 is 13.9 Å². The van der Waals surface area contributed by atoms with Gasteiger partial charge in [0.1, 0.15) is 0 Å². The summed E-state index contributed by atoms with van der Waals surface area (Å²) in [6.45, 7) is 2.08. The summed E-state index contributed by atoms with van der Waals surface area (Å²) in [5.74, 6) is -0.210. The van der Waals surface area contributed by atoms with Gasteiger partial charge in [-0.05, 0) is 47.6 Å². The van der Waals surface area contributed by atoms with Crippen molar-refractivity contribution in [3.8, 4) is 0 Å². The molecule has 1 atom stereocenters. The number of phosphoric acid groups is 1. The van der Waals surface area contributed by atoms with Gasteiger partial charge < -0.3 is 5.32 Å². The Morgan fingerprint density at radius 3 is 2.00 bits per heavy atom. The van der Waals surface area contributed by atoms with E-state index in [0.717, 1.165) is 32.3 Å². The van der Waals surface area contributed by atoms with Gasteiger partial charge >= 0.3 is 7.82 Å². The van der Waals surface area contributed by atoms with Crippen LogP contribution in [0.15, 0.2) is 115 Å². The van der Waals surface area contributed by atoms with Crippen molar-refractivity contribution in [1.82, 2.24) is 5.32 Å². The predicted octanol–water partition coefficient (Wildman–Crippen LogP) is 8.11. The average Bonchev–Trinajstić information content (AvgIpc) is 3.44. The van der Waals surface area contributed by atoms with Gasteiger partial charge in [0.2, 0.25) is 0 Å². The number of amides is 1. The van der Waals surface area contributed by atoms with Crippen molar-refractivity contribution in [2.24, 2.45) is 0 Å². The third-order valence-corrected chi connectivity index (χ3v) is 8.92. The van der Waals surface area contributed by atoms with Crippen molar-refractivity contribution < 1.29 is 22.9 Å². The van der Waals surface area contributed by atoms with Gasteiger partial charge in [0, 0.05) is 4.70 Å². The molecule has 0 aliphatic rings. The summed E-state index contributed by atoms with van der Waals surface area (Å²) in [5, 5.41) is 4.11. The van der Waals surface area contributed by atoms with Crippen LogP contribution in [0.4, 0.5) is 0 Å². The molecule has 1 amide bonds. The maximum absolute atomic E-state index is 13.9. The lowest BCUT2D eigenvalue weighted by atomic mass is 10.0. The molecule has 5 aromatic rings. The summed E-state index contributed by atoms with van der Waals surface area (Å²) in [4.78, 5) is 13.9. The highest BCUT2D eigenvalue weighted by molar-refractivity contribution is 7.48. The van der Waals surface area contributed by atoms with Crippen LogP contribution in [0, 0.1) is 6.92 Å². The van der Waals surface area contributed by atoms with Gasteiger partial charge in [0.25, 0.3) is 5.91 Å². The molecule has 1 heterocycles. The Kier molecular flexibility index (Phi) is 9.78. The zero-order valence-corrected chi connectivity index (χ0v) is 24.5. The van der Waals surface area contributed by atoms with Crippen LogP contribution >= 0.6 is 19.2 Å². The minimum Gasteiger partial charge on any atom is -0.346 e. The Bertz CT molecular complexity index is 1540. The normalized spacial score (nSPS) is 12.3. The molecule has 8 heteroatoms. The highest BCUT2D eigenvalue weighted by Crippen LogP contribution is 2.51. The molecule has 210 valence electrons. The van der Waals surface area contributed by atoms with Crippen molar-refractivity contribution in [2.75, 3.05) is 6.61 Å². The molecule has 0 unspecified atom stereocenters. The molecule has 0 spiro atoms. The van der Waals surface area contributed by atoms with Crippen molar-refractivity contribution in [3.63, 3.8) is 0 Å². The number of phosphoric ester groups is 1. The molecule has 4 aromatic carbocycles. The number of hydrogen-bond acceptors (Lipinski definition) is 6. The summed E-state index contributed by atoms with van der Waals surface area (Å²) in [7, 11) is -4.01. The number of rotatable bonds is 13. The zero-order valence-electron chi connectivity index (χ0n) is 22.8. The summed E-state index contributed by atoms with van der Waals surface area (Å²) < 4.78 is 32.4. The number of carbonyl (C=O) groups excluding carboxylic acids is 1. The summed E-state index contributed by atoms with van der Waals surface area (Å²) >= 11 is 1.43. The molecule has 0 fully saturated rings. The lowest BCUT2D eigenvalue weighted by molar-refractivity contribution is 0.0832. The third kappa shape index (κ3) is 8.46. The van der Waals surface area contributed by atoms with E-state index in [1.54, 1.807) is 0 Å². The van der Waals surface area contributed by atoms with Gasteiger partial charge in [-0.15, -0.1) is 11.3 Å². The number of carbonyl (C=O) groups is 1. The second-order valence-electron chi connectivity index (χ2n) is 9.77. The molecule has 6 nitrogen and oxygen atoms in total. The Hall–Kier alpha value is -3.58. The lowest BCUT2D eigenvalue weighted by Gasteiger charge is -2.23. The largest absolute Gasteiger partial charge is 0.475 e. The molecule has 1 N–H and O–H groups in total. The third-order valence-electron chi connectivity index (χ3n) is 6.45. The maximum atomic E-state index is 13.9. The van der Waals surface area contributed by atoms with E-state index in [4.69, 9.17) is 13.6 Å². The van der Waals surface area contributed by atoms with Gasteiger partial charge in [-0.1, -0.05) is 109 Å². The first kappa shape index (κ1) is 28.9. The minimum absolute atomic E-state index is 0.0591. The number of thiophene rings is 1. The first-order valence-electron chi connectivity index (χ1n) is 13.4. The van der Waals surface area contributed by atoms with E-state index in [1.165, 1.54) is 11.3 Å². The Balaban J connectivity index is 1.33. The van der Waals surface area contributed by atoms with Crippen LogP contribution in [0.5, 0.6) is 0 Å². The van der Waals surface area contributed by atoms with Crippen LogP contribution in [0.25, 0.3) is 10.1 Å². The minimum atomic E-state index is -4.01. The zero-order chi connectivity index (χ0) is 28.5. The summed E-state index contributed by atoms with van der Waals surface area (Å²) in [6, 6.07) is 36.2. The van der Waals surface area contributed by atoms with Crippen LogP contribution in [-0.4, -0.2) is 18.6 Å². The van der Waals surface area contributed by atoms with Crippen molar-refractivity contribution >= 4 is 35.2 Å². The summed E-state index contributed by atoms with van der Waals surface area (Å²) in [6.07, 6.45) is 0.482. The van der Waals surface area contributed by atoms with E-state index in [9.17, 15) is 9.36 Å². The van der Waals surface area contributed by atoms with Crippen molar-refractivity contribution in [1.29, 1.82) is 0 Å². The molecular weight excluding hydrogens is 553 g/mol. The molecule has 0 bridgehead atoms. The fourth-order valence-corrected chi connectivity index (χ4v) is 6.54. The molecule has 0 radical (unpaired) electrons. The molecule has 0 aliphatic carbocycles. The first-order valence-corrected chi connectivity index (χ1v) is 15.7. The van der Waals surface area contributed by atoms with Crippen LogP contribution in [0.2, 0.25) is 0 Å². The van der Waals surface area contributed by atoms with Crippen LogP contribution in [0.1, 0.15) is 31.9 Å². The fourth-order valence-electron chi connectivity index (χ4n) is 4.37. The SMILES string of the molecule is Cc1cccc(C[C@H](COP(=O)(OCc2ccccc2)OCc2ccccc2)NC(=O)c2cc3ccccc3s2)c1.